The number of allylic oxidation sites excluding steroid dienone is 2. The number of nitrogens with one attached hydrogen (secondary N) is 2. The second-order valence-corrected chi connectivity index (χ2v) is 13.3. The Morgan fingerprint density at radius 3 is 2.17 bits per heavy atom. The standard InChI is InChI=1S/C38H50ClN5O3/c1-9-28-25(5)34-20-35-26(6)29(10-11-37(45)44(8)13-15-47-17-16-46-14-12-39)38(43-35)27(7)31-18-22(2)30(40-31)19-32-23(3)24(4)33(41-32)21-36(28)42-34/h18-21,26,29,40,42H,9-17H2,1-8H3/t26-,29-/m0/s1. The van der Waals surface area contributed by atoms with Gasteiger partial charge in [0.2, 0.25) is 5.91 Å². The minimum absolute atomic E-state index is 0.108. The molecule has 2 aliphatic rings. The molecule has 2 aliphatic heterocycles. The number of carbonyl (C=O) groups is 1. The van der Waals surface area contributed by atoms with Gasteiger partial charge in [0.15, 0.2) is 0 Å². The van der Waals surface area contributed by atoms with Gasteiger partial charge in [0.1, 0.15) is 0 Å². The number of carbonyl (C=O) groups excluding carboxylic acids is 1. The normalized spacial score (nSPS) is 16.3. The Labute approximate surface area is 284 Å². The number of likely N-dealkylation sites (N-methyl/N-ethyl adjacent to an activating group) is 1. The molecular weight excluding hydrogens is 610 g/mol. The van der Waals surface area contributed by atoms with Crippen LogP contribution in [0.1, 0.15) is 97.4 Å². The highest BCUT2D eigenvalue weighted by Crippen LogP contribution is 2.42. The summed E-state index contributed by atoms with van der Waals surface area (Å²) in [7, 11) is 1.85. The third-order valence-electron chi connectivity index (χ3n) is 10.0. The molecule has 2 atom stereocenters. The molecule has 0 aromatic carbocycles. The van der Waals surface area contributed by atoms with Crippen molar-refractivity contribution in [3.8, 4) is 0 Å². The fourth-order valence-corrected chi connectivity index (χ4v) is 6.81. The van der Waals surface area contributed by atoms with Crippen LogP contribution in [0.25, 0.3) is 33.2 Å². The lowest BCUT2D eigenvalue weighted by Crippen LogP contribution is -2.30. The number of alkyl halides is 1. The van der Waals surface area contributed by atoms with Crippen molar-refractivity contribution >= 4 is 50.7 Å². The molecular formula is C38H50ClN5O3. The number of hydrogen-bond acceptors (Lipinski definition) is 5. The van der Waals surface area contributed by atoms with Crippen LogP contribution in [0.4, 0.5) is 0 Å². The average molecular weight is 660 g/mol. The van der Waals surface area contributed by atoms with Gasteiger partial charge in [0.05, 0.1) is 37.8 Å². The highest BCUT2D eigenvalue weighted by molar-refractivity contribution is 6.17. The minimum Gasteiger partial charge on any atom is -0.378 e. The predicted molar refractivity (Wildman–Crippen MR) is 193 cm³/mol. The van der Waals surface area contributed by atoms with Crippen molar-refractivity contribution < 1.29 is 14.3 Å². The van der Waals surface area contributed by atoms with E-state index in [0.717, 1.165) is 62.4 Å². The predicted octanol–water partition coefficient (Wildman–Crippen LogP) is 8.15. The summed E-state index contributed by atoms with van der Waals surface area (Å²) in [6.07, 6.45) is 2.07. The first-order valence-corrected chi connectivity index (χ1v) is 17.4. The number of nitrogens with zero attached hydrogens (tertiary/aromatic N) is 3. The summed E-state index contributed by atoms with van der Waals surface area (Å²) in [4.78, 5) is 32.8. The molecule has 9 heteroatoms. The van der Waals surface area contributed by atoms with Gasteiger partial charge in [-0.05, 0) is 105 Å². The second-order valence-electron chi connectivity index (χ2n) is 13.0. The summed E-state index contributed by atoms with van der Waals surface area (Å²) < 4.78 is 11.0. The number of H-pyrrole nitrogens is 2. The molecule has 0 radical (unpaired) electrons. The molecule has 1 amide bonds. The van der Waals surface area contributed by atoms with Crippen LogP contribution < -0.4 is 0 Å². The third-order valence-corrected chi connectivity index (χ3v) is 10.2. The second kappa shape index (κ2) is 15.2. The van der Waals surface area contributed by atoms with Crippen LogP contribution in [0, 0.1) is 20.8 Å². The van der Waals surface area contributed by atoms with Gasteiger partial charge in [-0.15, -0.1) is 11.6 Å². The molecule has 0 fully saturated rings. The maximum Gasteiger partial charge on any atom is 0.222 e. The van der Waals surface area contributed by atoms with E-state index in [4.69, 9.17) is 31.0 Å². The lowest BCUT2D eigenvalue weighted by molar-refractivity contribution is -0.130. The molecule has 5 rings (SSSR count). The van der Waals surface area contributed by atoms with Crippen LogP contribution in [0.3, 0.4) is 0 Å². The SMILES string of the molecule is CCc1c(C)c2cc3nc(c(C)c4cc(C)c(cc5nc(cc1[nH]2)C(C)=C5C)[nH]4)[C@@H](CCC(=O)N(C)CCOCCOCCCl)[C@@H]3C. The molecule has 0 spiro atoms. The number of fused-ring (bicyclic) bond motifs is 8. The fourth-order valence-electron chi connectivity index (χ4n) is 6.70. The van der Waals surface area contributed by atoms with Crippen LogP contribution >= 0.6 is 11.6 Å². The van der Waals surface area contributed by atoms with Gasteiger partial charge in [0, 0.05) is 71.2 Å². The maximum atomic E-state index is 13.3. The average Bonchev–Trinajstić information content (AvgIpc) is 3.74. The lowest BCUT2D eigenvalue weighted by atomic mass is 9.86. The number of aromatic amines is 2. The monoisotopic (exact) mass is 659 g/mol. The largest absolute Gasteiger partial charge is 0.378 e. The highest BCUT2D eigenvalue weighted by atomic mass is 35.5. The van der Waals surface area contributed by atoms with Crippen LogP contribution in [0.5, 0.6) is 0 Å². The number of rotatable bonds is 12. The Hall–Kier alpha value is -3.46. The molecule has 3 aromatic rings. The van der Waals surface area contributed by atoms with E-state index in [-0.39, 0.29) is 17.7 Å². The summed E-state index contributed by atoms with van der Waals surface area (Å²) >= 11 is 5.64. The van der Waals surface area contributed by atoms with E-state index in [1.165, 1.54) is 22.3 Å². The van der Waals surface area contributed by atoms with E-state index in [2.05, 4.69) is 82.7 Å². The maximum absolute atomic E-state index is 13.3. The molecule has 8 nitrogen and oxygen atoms in total. The van der Waals surface area contributed by atoms with Crippen molar-refractivity contribution in [2.75, 3.05) is 45.9 Å². The van der Waals surface area contributed by atoms with Gasteiger partial charge in [-0.3, -0.25) is 9.78 Å². The fraction of sp³-hybridized carbons (Fsp3) is 0.500. The van der Waals surface area contributed by atoms with Gasteiger partial charge in [-0.1, -0.05) is 13.8 Å². The first-order chi connectivity index (χ1) is 22.5. The Balaban J connectivity index is 1.52. The van der Waals surface area contributed by atoms with Gasteiger partial charge >= 0.3 is 0 Å². The molecule has 47 heavy (non-hydrogen) atoms. The molecule has 0 aliphatic carbocycles. The van der Waals surface area contributed by atoms with Crippen molar-refractivity contribution in [1.29, 1.82) is 0 Å². The Bertz CT molecular complexity index is 1820. The molecule has 0 saturated carbocycles. The van der Waals surface area contributed by atoms with Crippen molar-refractivity contribution in [1.82, 2.24) is 24.8 Å². The van der Waals surface area contributed by atoms with Crippen LogP contribution in [-0.2, 0) is 20.7 Å². The van der Waals surface area contributed by atoms with Crippen molar-refractivity contribution in [3.63, 3.8) is 0 Å². The number of hydrogen-bond donors (Lipinski definition) is 2. The lowest BCUT2D eigenvalue weighted by Gasteiger charge is -2.20. The number of aromatic nitrogens is 4. The smallest absolute Gasteiger partial charge is 0.222 e. The van der Waals surface area contributed by atoms with Crippen molar-refractivity contribution in [3.05, 3.63) is 69.3 Å². The molecule has 3 aromatic heterocycles. The van der Waals surface area contributed by atoms with Crippen LogP contribution in [0.2, 0.25) is 0 Å². The summed E-state index contributed by atoms with van der Waals surface area (Å²) in [5.74, 6) is 0.840. The number of ether oxygens (including phenoxy) is 2. The highest BCUT2D eigenvalue weighted by Gasteiger charge is 2.31. The van der Waals surface area contributed by atoms with Crippen LogP contribution in [0.15, 0.2) is 24.3 Å². The molecule has 0 unspecified atom stereocenters. The molecule has 8 bridgehead atoms. The number of aryl methyl sites for hydroxylation is 4. The zero-order valence-corrected chi connectivity index (χ0v) is 30.0. The number of halogens is 1. The van der Waals surface area contributed by atoms with E-state index < -0.39 is 0 Å². The van der Waals surface area contributed by atoms with Gasteiger partial charge in [-0.2, -0.15) is 0 Å². The molecule has 5 heterocycles. The zero-order chi connectivity index (χ0) is 33.8. The van der Waals surface area contributed by atoms with E-state index in [9.17, 15) is 4.79 Å². The van der Waals surface area contributed by atoms with Crippen LogP contribution in [-0.4, -0.2) is 76.6 Å². The topological polar surface area (TPSA) is 96.1 Å². The first kappa shape index (κ1) is 34.9. The zero-order valence-electron chi connectivity index (χ0n) is 29.3. The number of amides is 1. The first-order valence-electron chi connectivity index (χ1n) is 16.9. The Kier molecular flexibility index (Phi) is 11.3. The van der Waals surface area contributed by atoms with Crippen molar-refractivity contribution in [2.45, 2.75) is 79.6 Å². The summed E-state index contributed by atoms with van der Waals surface area (Å²) in [5.41, 5.74) is 15.5. The molecule has 2 N–H and O–H groups in total. The van der Waals surface area contributed by atoms with Gasteiger partial charge < -0.3 is 24.3 Å². The molecule has 252 valence electrons. The van der Waals surface area contributed by atoms with E-state index in [0.29, 0.717) is 51.7 Å². The quantitative estimate of drug-likeness (QED) is 0.151. The van der Waals surface area contributed by atoms with E-state index >= 15 is 0 Å². The third kappa shape index (κ3) is 7.50. The van der Waals surface area contributed by atoms with Crippen molar-refractivity contribution in [2.24, 2.45) is 0 Å². The summed E-state index contributed by atoms with van der Waals surface area (Å²) in [6.45, 7) is 17.7. The van der Waals surface area contributed by atoms with Gasteiger partial charge in [0.25, 0.3) is 0 Å². The van der Waals surface area contributed by atoms with E-state index in [1.807, 2.05) is 7.05 Å². The summed E-state index contributed by atoms with van der Waals surface area (Å²) in [6, 6.07) is 8.79. The van der Waals surface area contributed by atoms with E-state index in [1.54, 1.807) is 4.90 Å². The summed E-state index contributed by atoms with van der Waals surface area (Å²) in [5, 5.41) is 0. The molecule has 0 saturated heterocycles. The Morgan fingerprint density at radius 1 is 0.851 bits per heavy atom. The Morgan fingerprint density at radius 2 is 1.49 bits per heavy atom. The van der Waals surface area contributed by atoms with Gasteiger partial charge in [-0.25, -0.2) is 4.98 Å². The minimum atomic E-state index is 0.108.